The van der Waals surface area contributed by atoms with Crippen LogP contribution >= 0.6 is 0 Å². The Morgan fingerprint density at radius 3 is 2.24 bits per heavy atom. The van der Waals surface area contributed by atoms with Gasteiger partial charge >= 0.3 is 5.97 Å². The number of ketones is 2. The zero-order valence-electron chi connectivity index (χ0n) is 12.5. The minimum Gasteiger partial charge on any atom is -0.505 e. The number of carbonyl (C=O) groups is 3. The minimum absolute atomic E-state index is 0.00254. The van der Waals surface area contributed by atoms with Crippen molar-refractivity contribution in [2.24, 2.45) is 0 Å². The third kappa shape index (κ3) is 2.76. The maximum atomic E-state index is 11.5. The number of fused-ring (bicyclic) bond motifs is 1. The van der Waals surface area contributed by atoms with Gasteiger partial charge in [-0.2, -0.15) is 0 Å². The first-order chi connectivity index (χ1) is 11.8. The van der Waals surface area contributed by atoms with Gasteiger partial charge in [-0.15, -0.1) is 0 Å². The van der Waals surface area contributed by atoms with Gasteiger partial charge in [0.25, 0.3) is 0 Å². The summed E-state index contributed by atoms with van der Waals surface area (Å²) >= 11 is 0. The van der Waals surface area contributed by atoms with E-state index in [0.29, 0.717) is 0 Å². The van der Waals surface area contributed by atoms with Crippen LogP contribution in [0.5, 0.6) is 11.5 Å². The molecular formula is C17H11NO7. The van der Waals surface area contributed by atoms with E-state index in [9.17, 15) is 34.8 Å². The van der Waals surface area contributed by atoms with Gasteiger partial charge in [0.05, 0.1) is 5.70 Å². The fraction of sp³-hybridized carbons (Fsp3) is 0. The fourth-order valence-corrected chi connectivity index (χ4v) is 2.42. The minimum atomic E-state index is -1.32. The Morgan fingerprint density at radius 2 is 1.60 bits per heavy atom. The molecule has 5 N–H and O–H groups in total. The van der Waals surface area contributed by atoms with Crippen LogP contribution in [0.25, 0.3) is 11.8 Å². The van der Waals surface area contributed by atoms with Gasteiger partial charge in [0.15, 0.2) is 11.5 Å². The van der Waals surface area contributed by atoms with Crippen molar-refractivity contribution < 1.29 is 34.8 Å². The summed E-state index contributed by atoms with van der Waals surface area (Å²) in [6.07, 6.45) is 4.34. The molecule has 3 rings (SSSR count). The normalized spacial score (nSPS) is 18.1. The molecule has 8 heteroatoms. The van der Waals surface area contributed by atoms with Crippen LogP contribution in [0.3, 0.4) is 0 Å². The van der Waals surface area contributed by atoms with E-state index in [1.165, 1.54) is 12.2 Å². The summed E-state index contributed by atoms with van der Waals surface area (Å²) in [5.74, 6) is -4.32. The number of carboxylic acids is 1. The van der Waals surface area contributed by atoms with Crippen molar-refractivity contribution in [3.05, 3.63) is 58.5 Å². The first-order valence-electron chi connectivity index (χ1n) is 6.98. The Morgan fingerprint density at radius 1 is 0.920 bits per heavy atom. The number of aliphatic carboxylic acids is 1. The van der Waals surface area contributed by atoms with Crippen LogP contribution in [0.15, 0.2) is 47.4 Å². The van der Waals surface area contributed by atoms with Crippen LogP contribution in [0.4, 0.5) is 0 Å². The standard InChI is InChI=1S/C17H11NO7/c19-11-2-1-7(4-12(11)20)16(23)15-9-6-14(22)13(21)5-8(9)3-10(18-15)17(24)25/h1-6,18,21-23H,(H,24,25). The topological polar surface area (TPSA) is 144 Å². The molecule has 0 unspecified atom stereocenters. The molecule has 2 aliphatic rings. The van der Waals surface area contributed by atoms with Gasteiger partial charge < -0.3 is 25.7 Å². The number of nitrogens with one attached hydrogen (secondary N) is 1. The highest BCUT2D eigenvalue weighted by atomic mass is 16.4. The van der Waals surface area contributed by atoms with Gasteiger partial charge in [0.2, 0.25) is 11.6 Å². The average Bonchev–Trinajstić information content (AvgIpc) is 2.57. The predicted molar refractivity (Wildman–Crippen MR) is 85.3 cm³/mol. The molecule has 126 valence electrons. The number of hydrogen-bond acceptors (Lipinski definition) is 7. The zero-order valence-corrected chi connectivity index (χ0v) is 12.5. The van der Waals surface area contributed by atoms with Gasteiger partial charge in [-0.3, -0.25) is 9.59 Å². The molecule has 0 atom stereocenters. The Hall–Kier alpha value is -3.81. The van der Waals surface area contributed by atoms with E-state index in [-0.39, 0.29) is 28.1 Å². The number of aliphatic hydroxyl groups excluding tert-OH is 1. The maximum Gasteiger partial charge on any atom is 0.352 e. The molecule has 8 nitrogen and oxygen atoms in total. The Bertz CT molecular complexity index is 963. The second kappa shape index (κ2) is 5.68. The van der Waals surface area contributed by atoms with Crippen LogP contribution in [0, 0.1) is 0 Å². The second-order valence-corrected chi connectivity index (χ2v) is 5.30. The van der Waals surface area contributed by atoms with Crippen molar-refractivity contribution >= 4 is 29.3 Å². The Labute approximate surface area is 140 Å². The molecule has 0 fully saturated rings. The molecule has 1 aromatic carbocycles. The van der Waals surface area contributed by atoms with Crippen LogP contribution in [0.1, 0.15) is 11.1 Å². The summed E-state index contributed by atoms with van der Waals surface area (Å²) < 4.78 is 0. The van der Waals surface area contributed by atoms with Crippen molar-refractivity contribution in [1.29, 1.82) is 0 Å². The van der Waals surface area contributed by atoms with Crippen LogP contribution < -0.4 is 5.32 Å². The molecule has 0 spiro atoms. The van der Waals surface area contributed by atoms with Gasteiger partial charge in [0, 0.05) is 17.2 Å². The van der Waals surface area contributed by atoms with E-state index in [0.717, 1.165) is 24.3 Å². The molecule has 0 saturated heterocycles. The smallest absolute Gasteiger partial charge is 0.352 e. The lowest BCUT2D eigenvalue weighted by molar-refractivity contribution is -0.132. The van der Waals surface area contributed by atoms with Crippen molar-refractivity contribution in [3.8, 4) is 11.5 Å². The number of aromatic hydroxyl groups is 2. The van der Waals surface area contributed by atoms with Crippen molar-refractivity contribution in [1.82, 2.24) is 5.32 Å². The molecule has 1 aliphatic heterocycles. The summed E-state index contributed by atoms with van der Waals surface area (Å²) in [6.45, 7) is 0. The number of carbonyl (C=O) groups excluding carboxylic acids is 2. The number of hydrogen-bond donors (Lipinski definition) is 5. The van der Waals surface area contributed by atoms with Gasteiger partial charge in [0.1, 0.15) is 11.5 Å². The van der Waals surface area contributed by atoms with Gasteiger partial charge in [-0.1, -0.05) is 0 Å². The molecule has 1 aliphatic carbocycles. The zero-order chi connectivity index (χ0) is 18.3. The van der Waals surface area contributed by atoms with Gasteiger partial charge in [-0.25, -0.2) is 4.79 Å². The summed E-state index contributed by atoms with van der Waals surface area (Å²) in [4.78, 5) is 34.0. The van der Waals surface area contributed by atoms with Crippen molar-refractivity contribution in [3.63, 3.8) is 0 Å². The van der Waals surface area contributed by atoms with Crippen molar-refractivity contribution in [2.75, 3.05) is 0 Å². The van der Waals surface area contributed by atoms with E-state index in [4.69, 9.17) is 0 Å². The number of carboxylic acid groups (broad SMARTS) is 1. The van der Waals surface area contributed by atoms with E-state index in [1.54, 1.807) is 0 Å². The summed E-state index contributed by atoms with van der Waals surface area (Å²) in [5, 5.41) is 41.5. The molecule has 0 aromatic heterocycles. The maximum absolute atomic E-state index is 11.5. The highest BCUT2D eigenvalue weighted by Crippen LogP contribution is 2.37. The Balaban J connectivity index is 2.22. The summed E-state index contributed by atoms with van der Waals surface area (Å²) in [7, 11) is 0. The predicted octanol–water partition coefficient (Wildman–Crippen LogP) is 0.987. The molecule has 0 amide bonds. The lowest BCUT2D eigenvalue weighted by Gasteiger charge is -2.22. The molecule has 1 heterocycles. The quantitative estimate of drug-likeness (QED) is 0.232. The molecule has 1 aromatic rings. The van der Waals surface area contributed by atoms with Gasteiger partial charge in [-0.05, 0) is 35.9 Å². The van der Waals surface area contributed by atoms with Crippen LogP contribution in [-0.4, -0.2) is 38.0 Å². The van der Waals surface area contributed by atoms with Crippen LogP contribution in [0.2, 0.25) is 0 Å². The first-order valence-corrected chi connectivity index (χ1v) is 6.98. The third-order valence-electron chi connectivity index (χ3n) is 3.66. The van der Waals surface area contributed by atoms with E-state index in [2.05, 4.69) is 5.32 Å². The van der Waals surface area contributed by atoms with E-state index >= 15 is 0 Å². The highest BCUT2D eigenvalue weighted by molar-refractivity contribution is 6.46. The average molecular weight is 341 g/mol. The number of phenols is 2. The molecular weight excluding hydrogens is 330 g/mol. The number of benzene rings is 1. The molecule has 0 bridgehead atoms. The molecule has 0 saturated carbocycles. The molecule has 25 heavy (non-hydrogen) atoms. The molecule has 0 radical (unpaired) electrons. The van der Waals surface area contributed by atoms with Crippen LogP contribution in [-0.2, 0) is 14.4 Å². The highest BCUT2D eigenvalue weighted by Gasteiger charge is 2.26. The van der Waals surface area contributed by atoms with Crippen molar-refractivity contribution in [2.45, 2.75) is 0 Å². The Kier molecular flexibility index (Phi) is 3.65. The lowest BCUT2D eigenvalue weighted by atomic mass is 9.94. The van der Waals surface area contributed by atoms with E-state index < -0.39 is 34.8 Å². The number of allylic oxidation sites excluding steroid dienone is 3. The monoisotopic (exact) mass is 341 g/mol. The fourth-order valence-electron chi connectivity index (χ4n) is 2.42. The summed E-state index contributed by atoms with van der Waals surface area (Å²) in [5.41, 5.74) is 0.0506. The number of aliphatic hydroxyl groups is 1. The number of phenolic OH excluding ortho intramolecular Hbond substituents is 2. The third-order valence-corrected chi connectivity index (χ3v) is 3.66. The second-order valence-electron chi connectivity index (χ2n) is 5.30. The largest absolute Gasteiger partial charge is 0.505 e. The SMILES string of the molecule is O=C(O)C1=Cc2cc(O)c(O)cc2C(=C(O)C2=CC(=O)C(=O)C=C2)N1. The first kappa shape index (κ1) is 16.1. The lowest BCUT2D eigenvalue weighted by Crippen LogP contribution is -2.24. The van der Waals surface area contributed by atoms with E-state index in [1.807, 2.05) is 0 Å². The number of rotatable bonds is 2. The summed E-state index contributed by atoms with van der Waals surface area (Å²) in [6, 6.07) is 2.28.